The van der Waals surface area contributed by atoms with Gasteiger partial charge < -0.3 is 14.0 Å². The molecule has 0 aliphatic carbocycles. The average molecular weight is 511 g/mol. The van der Waals surface area contributed by atoms with Crippen LogP contribution >= 0.6 is 0 Å². The standard InChI is InChI=1S/C36H22BNO2/c1-2-10-23(11-3-1)24-18-19-34-30(20-24)37-36-29(28-14-6-9-17-33(28)40-37)21-25(22-35(36)39-34)38-31-15-7-4-12-26(31)27-13-5-8-16-32(27)38/h1-22H. The molecule has 4 heteroatoms. The summed E-state index contributed by atoms with van der Waals surface area (Å²) in [5.74, 6) is 2.57. The summed E-state index contributed by atoms with van der Waals surface area (Å²) >= 11 is 0. The van der Waals surface area contributed by atoms with Crippen molar-refractivity contribution in [3.63, 3.8) is 0 Å². The van der Waals surface area contributed by atoms with Crippen molar-refractivity contribution in [1.82, 2.24) is 4.57 Å². The highest BCUT2D eigenvalue weighted by molar-refractivity contribution is 6.84. The summed E-state index contributed by atoms with van der Waals surface area (Å²) in [6, 6.07) is 46.9. The molecule has 0 fully saturated rings. The van der Waals surface area contributed by atoms with Gasteiger partial charge in [0.2, 0.25) is 0 Å². The quantitative estimate of drug-likeness (QED) is 0.222. The maximum atomic E-state index is 6.74. The Hall–Kier alpha value is -5.22. The van der Waals surface area contributed by atoms with Gasteiger partial charge in [-0.1, -0.05) is 97.1 Å². The number of benzene rings is 6. The van der Waals surface area contributed by atoms with Crippen molar-refractivity contribution in [1.29, 1.82) is 0 Å². The zero-order valence-electron chi connectivity index (χ0n) is 21.5. The van der Waals surface area contributed by atoms with Gasteiger partial charge in [0.1, 0.15) is 17.2 Å². The highest BCUT2D eigenvalue weighted by Gasteiger charge is 2.41. The van der Waals surface area contributed by atoms with E-state index in [2.05, 4.69) is 126 Å². The minimum Gasteiger partial charge on any atom is -0.551 e. The molecule has 7 aromatic rings. The van der Waals surface area contributed by atoms with E-state index in [0.29, 0.717) is 0 Å². The van der Waals surface area contributed by atoms with E-state index in [1.807, 2.05) is 12.1 Å². The van der Waals surface area contributed by atoms with Crippen LogP contribution in [0.25, 0.3) is 49.7 Å². The van der Waals surface area contributed by atoms with Gasteiger partial charge in [0, 0.05) is 33.3 Å². The topological polar surface area (TPSA) is 23.4 Å². The number of nitrogens with zero attached hydrogens (tertiary/aromatic N) is 1. The lowest BCUT2D eigenvalue weighted by Gasteiger charge is -2.33. The Labute approximate surface area is 232 Å². The van der Waals surface area contributed by atoms with Gasteiger partial charge in [-0.3, -0.25) is 0 Å². The van der Waals surface area contributed by atoms with Crippen LogP contribution in [0.5, 0.6) is 17.2 Å². The molecule has 0 amide bonds. The van der Waals surface area contributed by atoms with Gasteiger partial charge in [-0.2, -0.15) is 0 Å². The van der Waals surface area contributed by atoms with E-state index >= 15 is 0 Å². The second-order valence-corrected chi connectivity index (χ2v) is 10.5. The first kappa shape index (κ1) is 21.7. The Morgan fingerprint density at radius 1 is 0.500 bits per heavy atom. The van der Waals surface area contributed by atoms with Crippen LogP contribution in [0.2, 0.25) is 0 Å². The van der Waals surface area contributed by atoms with Crippen LogP contribution in [0.4, 0.5) is 0 Å². The predicted molar refractivity (Wildman–Crippen MR) is 164 cm³/mol. The monoisotopic (exact) mass is 511 g/mol. The molecule has 0 N–H and O–H groups in total. The second-order valence-electron chi connectivity index (χ2n) is 10.5. The van der Waals surface area contributed by atoms with E-state index < -0.39 is 0 Å². The lowest BCUT2D eigenvalue weighted by molar-refractivity contribution is 0.479. The van der Waals surface area contributed by atoms with E-state index in [9.17, 15) is 0 Å². The van der Waals surface area contributed by atoms with Gasteiger partial charge >= 0.3 is 6.92 Å². The predicted octanol–water partition coefficient (Wildman–Crippen LogP) is 7.72. The van der Waals surface area contributed by atoms with E-state index in [1.165, 1.54) is 27.4 Å². The molecular formula is C36H22BNO2. The fourth-order valence-corrected chi connectivity index (χ4v) is 6.49. The van der Waals surface area contributed by atoms with Crippen molar-refractivity contribution in [2.45, 2.75) is 0 Å². The third kappa shape index (κ3) is 3.02. The second kappa shape index (κ2) is 8.14. The molecule has 0 saturated heterocycles. The summed E-state index contributed by atoms with van der Waals surface area (Å²) in [5.41, 5.74) is 10.1. The summed E-state index contributed by atoms with van der Waals surface area (Å²) in [6.45, 7) is -0.250. The fourth-order valence-electron chi connectivity index (χ4n) is 6.49. The Morgan fingerprint density at radius 2 is 1.20 bits per heavy atom. The molecule has 3 heterocycles. The lowest BCUT2D eigenvalue weighted by atomic mass is 9.50. The number of rotatable bonds is 2. The molecule has 0 unspecified atom stereocenters. The SMILES string of the molecule is c1ccc(-c2ccc3c(c2)B2Oc4ccccc4-c4cc(-n5c6ccccc6c6ccccc65)cc(c42)O3)cc1. The molecule has 3 nitrogen and oxygen atoms in total. The molecule has 2 aliphatic rings. The van der Waals surface area contributed by atoms with Crippen molar-refractivity contribution >= 4 is 39.6 Å². The van der Waals surface area contributed by atoms with Crippen LogP contribution in [-0.4, -0.2) is 11.5 Å². The lowest BCUT2D eigenvalue weighted by Crippen LogP contribution is -2.53. The highest BCUT2D eigenvalue weighted by atomic mass is 16.5. The fraction of sp³-hybridized carbons (Fsp3) is 0. The van der Waals surface area contributed by atoms with Crippen molar-refractivity contribution in [3.8, 4) is 45.2 Å². The molecular weight excluding hydrogens is 489 g/mol. The van der Waals surface area contributed by atoms with Crippen molar-refractivity contribution < 1.29 is 9.39 Å². The van der Waals surface area contributed by atoms with Gasteiger partial charge in [-0.25, -0.2) is 0 Å². The molecule has 0 atom stereocenters. The third-order valence-electron chi connectivity index (χ3n) is 8.27. The number of hydrogen-bond acceptors (Lipinski definition) is 2. The molecule has 0 saturated carbocycles. The molecule has 6 aromatic carbocycles. The van der Waals surface area contributed by atoms with Crippen molar-refractivity contribution in [3.05, 3.63) is 133 Å². The zero-order chi connectivity index (χ0) is 26.2. The van der Waals surface area contributed by atoms with Gasteiger partial charge in [-0.05, 0) is 47.0 Å². The summed E-state index contributed by atoms with van der Waals surface area (Å²) in [7, 11) is 0. The molecule has 0 radical (unpaired) electrons. The Balaban J connectivity index is 1.31. The highest BCUT2D eigenvalue weighted by Crippen LogP contribution is 2.42. The van der Waals surface area contributed by atoms with Crippen LogP contribution in [0.1, 0.15) is 0 Å². The number of fused-ring (bicyclic) bond motifs is 7. The maximum Gasteiger partial charge on any atom is 0.434 e. The Kier molecular flexibility index (Phi) is 4.41. The number of aromatic nitrogens is 1. The number of ether oxygens (including phenoxy) is 1. The number of para-hydroxylation sites is 3. The minimum atomic E-state index is -0.250. The Morgan fingerprint density at radius 3 is 2.00 bits per heavy atom. The van der Waals surface area contributed by atoms with E-state index in [-0.39, 0.29) is 6.92 Å². The van der Waals surface area contributed by atoms with Crippen LogP contribution in [0.15, 0.2) is 133 Å². The largest absolute Gasteiger partial charge is 0.551 e. The summed E-state index contributed by atoms with van der Waals surface area (Å²) in [4.78, 5) is 0. The van der Waals surface area contributed by atoms with E-state index in [1.54, 1.807) is 0 Å². The van der Waals surface area contributed by atoms with Crippen LogP contribution < -0.4 is 20.3 Å². The normalized spacial score (nSPS) is 12.8. The Bertz CT molecular complexity index is 2080. The third-order valence-corrected chi connectivity index (χ3v) is 8.27. The summed E-state index contributed by atoms with van der Waals surface area (Å²) < 4.78 is 15.8. The maximum absolute atomic E-state index is 6.74. The summed E-state index contributed by atoms with van der Waals surface area (Å²) in [5, 5.41) is 2.48. The minimum absolute atomic E-state index is 0.250. The summed E-state index contributed by atoms with van der Waals surface area (Å²) in [6.07, 6.45) is 0. The molecule has 40 heavy (non-hydrogen) atoms. The van der Waals surface area contributed by atoms with E-state index in [0.717, 1.165) is 50.6 Å². The van der Waals surface area contributed by atoms with Gasteiger partial charge in [0.05, 0.1) is 16.7 Å². The van der Waals surface area contributed by atoms with E-state index in [4.69, 9.17) is 9.39 Å². The molecule has 186 valence electrons. The van der Waals surface area contributed by atoms with Gasteiger partial charge in [0.25, 0.3) is 0 Å². The molecule has 9 rings (SSSR count). The van der Waals surface area contributed by atoms with Gasteiger partial charge in [-0.15, -0.1) is 0 Å². The first-order valence-corrected chi connectivity index (χ1v) is 13.6. The zero-order valence-corrected chi connectivity index (χ0v) is 21.5. The van der Waals surface area contributed by atoms with Crippen LogP contribution in [-0.2, 0) is 0 Å². The smallest absolute Gasteiger partial charge is 0.434 e. The first-order chi connectivity index (χ1) is 19.8. The van der Waals surface area contributed by atoms with Crippen molar-refractivity contribution in [2.24, 2.45) is 0 Å². The molecule has 0 bridgehead atoms. The van der Waals surface area contributed by atoms with Gasteiger partial charge in [0.15, 0.2) is 0 Å². The molecule has 1 aromatic heterocycles. The van der Waals surface area contributed by atoms with Crippen molar-refractivity contribution in [2.75, 3.05) is 0 Å². The first-order valence-electron chi connectivity index (χ1n) is 13.6. The van der Waals surface area contributed by atoms with Crippen LogP contribution in [0, 0.1) is 0 Å². The average Bonchev–Trinajstić information content (AvgIpc) is 3.36. The number of hydrogen-bond donors (Lipinski definition) is 0. The molecule has 2 aliphatic heterocycles. The van der Waals surface area contributed by atoms with Crippen LogP contribution in [0.3, 0.4) is 0 Å². The molecule has 0 spiro atoms.